The van der Waals surface area contributed by atoms with Crippen molar-refractivity contribution in [2.24, 2.45) is 4.99 Å². The van der Waals surface area contributed by atoms with Crippen molar-refractivity contribution in [2.75, 3.05) is 12.4 Å². The van der Waals surface area contributed by atoms with Gasteiger partial charge in [-0.2, -0.15) is 13.2 Å². The van der Waals surface area contributed by atoms with E-state index in [1.807, 2.05) is 13.0 Å². The van der Waals surface area contributed by atoms with Gasteiger partial charge in [0.2, 0.25) is 11.8 Å². The van der Waals surface area contributed by atoms with E-state index in [0.717, 1.165) is 36.3 Å². The third kappa shape index (κ3) is 4.69. The fourth-order valence-corrected chi connectivity index (χ4v) is 3.54. The molecule has 170 valence electrons. The number of fused-ring (bicyclic) bond motifs is 1. The molecule has 33 heavy (non-hydrogen) atoms. The lowest BCUT2D eigenvalue weighted by Gasteiger charge is -2.13. The predicted octanol–water partition coefficient (Wildman–Crippen LogP) is 4.81. The van der Waals surface area contributed by atoms with Crippen LogP contribution in [0, 0.1) is 5.82 Å². The molecule has 0 atom stereocenters. The number of methoxy groups -OCH3 is 1. The van der Waals surface area contributed by atoms with Crippen molar-refractivity contribution in [1.29, 1.82) is 0 Å². The zero-order chi connectivity index (χ0) is 23.8. The third-order valence-electron chi connectivity index (χ3n) is 5.17. The maximum atomic E-state index is 14.8. The molecule has 1 aromatic carbocycles. The van der Waals surface area contributed by atoms with Crippen LogP contribution in [0.3, 0.4) is 0 Å². The number of aromatic nitrogens is 2. The molecule has 10 heteroatoms. The molecule has 4 rings (SSSR count). The van der Waals surface area contributed by atoms with Crippen molar-refractivity contribution in [3.8, 4) is 17.0 Å². The number of carbonyl (C=O) groups is 1. The van der Waals surface area contributed by atoms with Gasteiger partial charge in [0.05, 0.1) is 37.7 Å². The van der Waals surface area contributed by atoms with Crippen LogP contribution in [-0.2, 0) is 23.9 Å². The lowest BCUT2D eigenvalue weighted by molar-refractivity contribution is -0.139. The summed E-state index contributed by atoms with van der Waals surface area (Å²) in [6.07, 6.45) is -2.30. The molecule has 3 heterocycles. The van der Waals surface area contributed by atoms with Crippen molar-refractivity contribution in [1.82, 2.24) is 9.97 Å². The number of amides is 1. The first kappa shape index (κ1) is 22.4. The van der Waals surface area contributed by atoms with Crippen LogP contribution in [0.25, 0.3) is 11.1 Å². The van der Waals surface area contributed by atoms with Crippen molar-refractivity contribution in [2.45, 2.75) is 26.1 Å². The minimum atomic E-state index is -4.70. The van der Waals surface area contributed by atoms with Crippen LogP contribution in [-0.4, -0.2) is 28.7 Å². The molecule has 1 N–H and O–H groups in total. The van der Waals surface area contributed by atoms with Gasteiger partial charge in [-0.1, -0.05) is 12.1 Å². The van der Waals surface area contributed by atoms with Crippen LogP contribution in [0.15, 0.2) is 47.7 Å². The number of rotatable bonds is 5. The van der Waals surface area contributed by atoms with E-state index in [4.69, 9.17) is 0 Å². The van der Waals surface area contributed by atoms with E-state index in [0.29, 0.717) is 23.2 Å². The lowest BCUT2D eigenvalue weighted by atomic mass is 10.0. The number of nitrogens with zero attached hydrogens (tertiary/aromatic N) is 3. The smallest absolute Gasteiger partial charge is 0.421 e. The van der Waals surface area contributed by atoms with Gasteiger partial charge in [0.25, 0.3) is 0 Å². The highest BCUT2D eigenvalue weighted by Gasteiger charge is 2.35. The molecule has 6 nitrogen and oxygen atoms in total. The molecule has 0 saturated heterocycles. The minimum absolute atomic E-state index is 0.147. The number of hydrogen-bond donors (Lipinski definition) is 1. The van der Waals surface area contributed by atoms with Crippen molar-refractivity contribution in [3.05, 3.63) is 70.9 Å². The molecule has 1 aliphatic rings. The Labute approximate surface area is 186 Å². The van der Waals surface area contributed by atoms with E-state index in [1.165, 1.54) is 6.07 Å². The van der Waals surface area contributed by atoms with Gasteiger partial charge in [-0.05, 0) is 30.7 Å². The summed E-state index contributed by atoms with van der Waals surface area (Å²) in [4.78, 5) is 24.6. The summed E-state index contributed by atoms with van der Waals surface area (Å²) >= 11 is 0. The molecule has 0 bridgehead atoms. The number of alkyl halides is 3. The Kier molecular flexibility index (Phi) is 5.84. The zero-order valence-corrected chi connectivity index (χ0v) is 17.6. The summed E-state index contributed by atoms with van der Waals surface area (Å²) in [6, 6.07) is 6.91. The molecule has 1 aliphatic heterocycles. The standard InChI is InChI=1S/C23H18F4N4O2/c1-12-17-7-14(9-29-20(17)11-28-12)16-4-3-13(5-19(16)24)6-21(32)31-15-8-18(23(25,26)27)22(33-2)30-10-15/h3-5,7-10H,6,11H2,1-2H3,(H,31,32). The monoisotopic (exact) mass is 458 g/mol. The first-order valence-corrected chi connectivity index (χ1v) is 9.86. The highest BCUT2D eigenvalue weighted by molar-refractivity contribution is 6.02. The Hall–Kier alpha value is -3.82. The fourth-order valence-electron chi connectivity index (χ4n) is 3.54. The number of nitrogens with one attached hydrogen (secondary N) is 1. The molecule has 0 saturated carbocycles. The number of halogens is 4. The largest absolute Gasteiger partial charge is 0.481 e. The maximum Gasteiger partial charge on any atom is 0.421 e. The maximum absolute atomic E-state index is 14.8. The number of pyridine rings is 2. The van der Waals surface area contributed by atoms with Crippen LogP contribution in [0.4, 0.5) is 23.2 Å². The molecule has 2 aromatic heterocycles. The molecule has 3 aromatic rings. The summed E-state index contributed by atoms with van der Waals surface area (Å²) in [5.41, 5.74) is 2.57. The molecule has 0 spiro atoms. The molecule has 0 fully saturated rings. The number of aliphatic imine (C=N–C) groups is 1. The van der Waals surface area contributed by atoms with Crippen LogP contribution in [0.2, 0.25) is 0 Å². The van der Waals surface area contributed by atoms with E-state index < -0.39 is 29.3 Å². The Bertz CT molecular complexity index is 1270. The average molecular weight is 458 g/mol. The van der Waals surface area contributed by atoms with Crippen molar-refractivity contribution in [3.63, 3.8) is 0 Å². The van der Waals surface area contributed by atoms with E-state index in [-0.39, 0.29) is 12.1 Å². The molecule has 0 unspecified atom stereocenters. The molecule has 0 radical (unpaired) electrons. The van der Waals surface area contributed by atoms with Crippen LogP contribution < -0.4 is 10.1 Å². The van der Waals surface area contributed by atoms with Gasteiger partial charge in [0.15, 0.2) is 0 Å². The van der Waals surface area contributed by atoms with Crippen molar-refractivity contribution >= 4 is 17.3 Å². The van der Waals surface area contributed by atoms with Gasteiger partial charge < -0.3 is 10.1 Å². The quantitative estimate of drug-likeness (QED) is 0.557. The van der Waals surface area contributed by atoms with Crippen LogP contribution in [0.5, 0.6) is 5.88 Å². The topological polar surface area (TPSA) is 76.5 Å². The Balaban J connectivity index is 1.49. The van der Waals surface area contributed by atoms with E-state index in [1.54, 1.807) is 18.3 Å². The number of carbonyl (C=O) groups excluding carboxylic acids is 1. The fraction of sp³-hybridized carbons (Fsp3) is 0.217. The highest BCUT2D eigenvalue weighted by atomic mass is 19.4. The number of benzene rings is 1. The highest BCUT2D eigenvalue weighted by Crippen LogP contribution is 2.36. The summed E-state index contributed by atoms with van der Waals surface area (Å²) in [7, 11) is 1.07. The van der Waals surface area contributed by atoms with Gasteiger partial charge in [-0.25, -0.2) is 9.37 Å². The SMILES string of the molecule is COc1ncc(NC(=O)Cc2ccc(-c3cnc4c(c3)C(C)=NC4)c(F)c2)cc1C(F)(F)F. The first-order chi connectivity index (χ1) is 15.7. The zero-order valence-electron chi connectivity index (χ0n) is 17.6. The third-order valence-corrected chi connectivity index (χ3v) is 5.17. The summed E-state index contributed by atoms with van der Waals surface area (Å²) in [5.74, 6) is -1.76. The van der Waals surface area contributed by atoms with Gasteiger partial charge in [0, 0.05) is 28.6 Å². The van der Waals surface area contributed by atoms with Gasteiger partial charge in [-0.3, -0.25) is 14.8 Å². The molecule has 0 aliphatic carbocycles. The number of ether oxygens (including phenoxy) is 1. The van der Waals surface area contributed by atoms with E-state index >= 15 is 0 Å². The van der Waals surface area contributed by atoms with Gasteiger partial charge >= 0.3 is 6.18 Å². The molecular weight excluding hydrogens is 440 g/mol. The van der Waals surface area contributed by atoms with Crippen LogP contribution >= 0.6 is 0 Å². The van der Waals surface area contributed by atoms with Crippen LogP contribution in [0.1, 0.15) is 29.3 Å². The summed E-state index contributed by atoms with van der Waals surface area (Å²) < 4.78 is 58.8. The second-order valence-electron chi connectivity index (χ2n) is 7.44. The lowest BCUT2D eigenvalue weighted by Crippen LogP contribution is -2.16. The van der Waals surface area contributed by atoms with Crippen molar-refractivity contribution < 1.29 is 27.1 Å². The summed E-state index contributed by atoms with van der Waals surface area (Å²) in [5, 5.41) is 2.35. The van der Waals surface area contributed by atoms with E-state index in [2.05, 4.69) is 25.0 Å². The second-order valence-corrected chi connectivity index (χ2v) is 7.44. The Morgan fingerprint density at radius 1 is 1.12 bits per heavy atom. The predicted molar refractivity (Wildman–Crippen MR) is 114 cm³/mol. The molecular formula is C23H18F4N4O2. The minimum Gasteiger partial charge on any atom is -0.481 e. The number of hydrogen-bond acceptors (Lipinski definition) is 5. The van der Waals surface area contributed by atoms with Gasteiger partial charge in [0.1, 0.15) is 11.4 Å². The second kappa shape index (κ2) is 8.61. The first-order valence-electron chi connectivity index (χ1n) is 9.86. The number of anilines is 1. The molecule has 1 amide bonds. The van der Waals surface area contributed by atoms with E-state index in [9.17, 15) is 22.4 Å². The Morgan fingerprint density at radius 2 is 1.91 bits per heavy atom. The Morgan fingerprint density at radius 3 is 2.61 bits per heavy atom. The summed E-state index contributed by atoms with van der Waals surface area (Å²) in [6.45, 7) is 2.37. The van der Waals surface area contributed by atoms with Gasteiger partial charge in [-0.15, -0.1) is 0 Å². The normalized spacial score (nSPS) is 12.8. The average Bonchev–Trinajstić information content (AvgIpc) is 3.13.